The van der Waals surface area contributed by atoms with Crippen LogP contribution in [0.25, 0.3) is 10.8 Å². The molecule has 1 heterocycles. The van der Waals surface area contributed by atoms with Gasteiger partial charge in [0.15, 0.2) is 0 Å². The average Bonchev–Trinajstić information content (AvgIpc) is 2.56. The van der Waals surface area contributed by atoms with Crippen LogP contribution in [0.5, 0.6) is 0 Å². The molecule has 3 heteroatoms. The van der Waals surface area contributed by atoms with E-state index in [4.69, 9.17) is 0 Å². The van der Waals surface area contributed by atoms with Gasteiger partial charge in [0, 0.05) is 0 Å². The Morgan fingerprint density at radius 2 is 1.77 bits per heavy atom. The minimum atomic E-state index is -0.714. The number of nitrogens with zero attached hydrogens (tertiary/aromatic N) is 1. The van der Waals surface area contributed by atoms with Crippen molar-refractivity contribution in [2.45, 2.75) is 31.6 Å². The number of fused-ring (bicyclic) bond motifs is 1. The SMILES string of the molecule is O=C(O)C(CCN1CCCCC1)c1cccc2ccccc12. The fraction of sp³-hybridized carbons (Fsp3) is 0.421. The molecule has 2 aromatic carbocycles. The van der Waals surface area contributed by atoms with E-state index in [1.165, 1.54) is 19.3 Å². The van der Waals surface area contributed by atoms with Crippen LogP contribution in [-0.4, -0.2) is 35.6 Å². The number of carboxylic acid groups (broad SMARTS) is 1. The lowest BCUT2D eigenvalue weighted by atomic mass is 9.90. The largest absolute Gasteiger partial charge is 0.481 e. The van der Waals surface area contributed by atoms with Gasteiger partial charge in [0.05, 0.1) is 5.92 Å². The zero-order valence-electron chi connectivity index (χ0n) is 12.9. The van der Waals surface area contributed by atoms with Crippen LogP contribution in [0.2, 0.25) is 0 Å². The summed E-state index contributed by atoms with van der Waals surface area (Å²) in [6.07, 6.45) is 4.48. The topological polar surface area (TPSA) is 40.5 Å². The van der Waals surface area contributed by atoms with Crippen LogP contribution in [0.15, 0.2) is 42.5 Å². The second kappa shape index (κ2) is 6.93. The van der Waals surface area contributed by atoms with Crippen molar-refractivity contribution in [2.75, 3.05) is 19.6 Å². The van der Waals surface area contributed by atoms with E-state index in [1.807, 2.05) is 42.5 Å². The molecule has 0 amide bonds. The van der Waals surface area contributed by atoms with E-state index >= 15 is 0 Å². The third kappa shape index (κ3) is 3.30. The molecule has 1 unspecified atom stereocenters. The Morgan fingerprint density at radius 1 is 1.05 bits per heavy atom. The monoisotopic (exact) mass is 297 g/mol. The van der Waals surface area contributed by atoms with Gasteiger partial charge in [0.25, 0.3) is 0 Å². The molecule has 0 spiro atoms. The molecule has 1 N–H and O–H groups in total. The number of hydrogen-bond donors (Lipinski definition) is 1. The van der Waals surface area contributed by atoms with Crippen molar-refractivity contribution in [1.29, 1.82) is 0 Å². The van der Waals surface area contributed by atoms with Gasteiger partial charge in [-0.1, -0.05) is 48.9 Å². The quantitative estimate of drug-likeness (QED) is 0.910. The third-order valence-electron chi connectivity index (χ3n) is 4.68. The highest BCUT2D eigenvalue weighted by Gasteiger charge is 2.23. The van der Waals surface area contributed by atoms with Gasteiger partial charge in [-0.3, -0.25) is 4.79 Å². The smallest absolute Gasteiger partial charge is 0.311 e. The molecule has 1 aliphatic heterocycles. The third-order valence-corrected chi connectivity index (χ3v) is 4.68. The van der Waals surface area contributed by atoms with Gasteiger partial charge in [0.1, 0.15) is 0 Å². The molecule has 22 heavy (non-hydrogen) atoms. The Morgan fingerprint density at radius 3 is 2.55 bits per heavy atom. The molecule has 3 rings (SSSR count). The van der Waals surface area contributed by atoms with Crippen molar-refractivity contribution >= 4 is 16.7 Å². The molecule has 1 fully saturated rings. The first-order valence-corrected chi connectivity index (χ1v) is 8.18. The van der Waals surface area contributed by atoms with Crippen LogP contribution in [0.4, 0.5) is 0 Å². The summed E-state index contributed by atoms with van der Waals surface area (Å²) in [5, 5.41) is 11.9. The van der Waals surface area contributed by atoms with Crippen molar-refractivity contribution < 1.29 is 9.90 Å². The summed E-state index contributed by atoms with van der Waals surface area (Å²) < 4.78 is 0. The van der Waals surface area contributed by atoms with Crippen LogP contribution in [0, 0.1) is 0 Å². The summed E-state index contributed by atoms with van der Waals surface area (Å²) in [7, 11) is 0. The molecule has 0 saturated carbocycles. The number of carboxylic acids is 1. The van der Waals surface area contributed by atoms with Crippen molar-refractivity contribution in [1.82, 2.24) is 4.90 Å². The number of likely N-dealkylation sites (tertiary alicyclic amines) is 1. The summed E-state index contributed by atoms with van der Waals surface area (Å²) in [6.45, 7) is 3.10. The minimum Gasteiger partial charge on any atom is -0.481 e. The summed E-state index contributed by atoms with van der Waals surface area (Å²) in [5.74, 6) is -1.14. The maximum Gasteiger partial charge on any atom is 0.311 e. The van der Waals surface area contributed by atoms with E-state index < -0.39 is 11.9 Å². The average molecular weight is 297 g/mol. The summed E-state index contributed by atoms with van der Waals surface area (Å²) in [6, 6.07) is 14.0. The molecule has 0 aliphatic carbocycles. The van der Waals surface area contributed by atoms with Crippen LogP contribution in [0.3, 0.4) is 0 Å². The molecule has 1 saturated heterocycles. The first kappa shape index (κ1) is 15.0. The summed E-state index contributed by atoms with van der Waals surface area (Å²) in [4.78, 5) is 14.2. The van der Waals surface area contributed by atoms with Crippen molar-refractivity contribution in [3.8, 4) is 0 Å². The lowest BCUT2D eigenvalue weighted by molar-refractivity contribution is -0.139. The lowest BCUT2D eigenvalue weighted by Crippen LogP contribution is -2.32. The predicted molar refractivity (Wildman–Crippen MR) is 89.2 cm³/mol. The highest BCUT2D eigenvalue weighted by Crippen LogP contribution is 2.28. The highest BCUT2D eigenvalue weighted by molar-refractivity contribution is 5.90. The summed E-state index contributed by atoms with van der Waals surface area (Å²) in [5.41, 5.74) is 0.947. The Bertz CT molecular complexity index is 641. The molecular weight excluding hydrogens is 274 g/mol. The molecule has 0 radical (unpaired) electrons. The van der Waals surface area contributed by atoms with Gasteiger partial charge >= 0.3 is 5.97 Å². The number of aliphatic carboxylic acids is 1. The van der Waals surface area contributed by atoms with Gasteiger partial charge in [0.2, 0.25) is 0 Å². The van der Waals surface area contributed by atoms with Gasteiger partial charge in [-0.15, -0.1) is 0 Å². The molecule has 1 aliphatic rings. The van der Waals surface area contributed by atoms with E-state index in [1.54, 1.807) is 0 Å². The van der Waals surface area contributed by atoms with Crippen LogP contribution >= 0.6 is 0 Å². The highest BCUT2D eigenvalue weighted by atomic mass is 16.4. The van der Waals surface area contributed by atoms with Crippen LogP contribution in [-0.2, 0) is 4.79 Å². The maximum absolute atomic E-state index is 11.8. The van der Waals surface area contributed by atoms with Crippen molar-refractivity contribution in [2.24, 2.45) is 0 Å². The number of benzene rings is 2. The number of piperidine rings is 1. The van der Waals surface area contributed by atoms with Gasteiger partial charge in [-0.2, -0.15) is 0 Å². The second-order valence-corrected chi connectivity index (χ2v) is 6.15. The fourth-order valence-electron chi connectivity index (χ4n) is 3.46. The molecule has 2 aromatic rings. The van der Waals surface area contributed by atoms with E-state index in [9.17, 15) is 9.90 Å². The molecule has 0 aromatic heterocycles. The second-order valence-electron chi connectivity index (χ2n) is 6.15. The van der Waals surface area contributed by atoms with Crippen LogP contribution < -0.4 is 0 Å². The Hall–Kier alpha value is -1.87. The van der Waals surface area contributed by atoms with Gasteiger partial charge in [-0.25, -0.2) is 0 Å². The number of hydrogen-bond acceptors (Lipinski definition) is 2. The Kier molecular flexibility index (Phi) is 4.74. The number of carbonyl (C=O) groups is 1. The van der Waals surface area contributed by atoms with E-state index in [0.29, 0.717) is 6.42 Å². The fourth-order valence-corrected chi connectivity index (χ4v) is 3.46. The van der Waals surface area contributed by atoms with E-state index in [2.05, 4.69) is 4.90 Å². The van der Waals surface area contributed by atoms with Crippen molar-refractivity contribution in [3.63, 3.8) is 0 Å². The molecule has 3 nitrogen and oxygen atoms in total. The van der Waals surface area contributed by atoms with Gasteiger partial charge < -0.3 is 10.0 Å². The molecule has 1 atom stereocenters. The summed E-state index contributed by atoms with van der Waals surface area (Å²) >= 11 is 0. The minimum absolute atomic E-state index is 0.423. The first-order valence-electron chi connectivity index (χ1n) is 8.18. The standard InChI is InChI=1S/C19H23NO2/c21-19(22)18(11-14-20-12-4-1-5-13-20)17-10-6-8-15-7-2-3-9-16(15)17/h2-3,6-10,18H,1,4-5,11-14H2,(H,21,22). The lowest BCUT2D eigenvalue weighted by Gasteiger charge is -2.27. The molecular formula is C19H23NO2. The van der Waals surface area contributed by atoms with Crippen LogP contribution in [0.1, 0.15) is 37.2 Å². The van der Waals surface area contributed by atoms with E-state index in [0.717, 1.165) is 36.0 Å². The first-order chi connectivity index (χ1) is 10.8. The van der Waals surface area contributed by atoms with E-state index in [-0.39, 0.29) is 0 Å². The zero-order valence-corrected chi connectivity index (χ0v) is 12.9. The Balaban J connectivity index is 1.81. The van der Waals surface area contributed by atoms with Gasteiger partial charge in [-0.05, 0) is 55.2 Å². The normalized spacial score (nSPS) is 17.5. The molecule has 116 valence electrons. The molecule has 0 bridgehead atoms. The maximum atomic E-state index is 11.8. The predicted octanol–water partition coefficient (Wildman–Crippen LogP) is 3.88. The zero-order chi connectivity index (χ0) is 15.4. The van der Waals surface area contributed by atoms with Crippen molar-refractivity contribution in [3.05, 3.63) is 48.0 Å². The number of rotatable bonds is 5. The Labute approximate surface area is 131 Å².